The lowest BCUT2D eigenvalue weighted by atomic mass is 10.1. The van der Waals surface area contributed by atoms with Gasteiger partial charge in [-0.2, -0.15) is 0 Å². The van der Waals surface area contributed by atoms with Gasteiger partial charge in [-0.15, -0.1) is 0 Å². The second kappa shape index (κ2) is 13.6. The number of ether oxygens (including phenoxy) is 1. The molecule has 2 N–H and O–H groups in total. The summed E-state index contributed by atoms with van der Waals surface area (Å²) < 4.78 is 5.43. The van der Waals surface area contributed by atoms with E-state index in [0.29, 0.717) is 12.0 Å². The first-order valence-electron chi connectivity index (χ1n) is 11.1. The zero-order valence-electron chi connectivity index (χ0n) is 18.9. The van der Waals surface area contributed by atoms with Gasteiger partial charge in [-0.3, -0.25) is 14.8 Å². The van der Waals surface area contributed by atoms with Crippen LogP contribution in [0.15, 0.2) is 35.3 Å². The van der Waals surface area contributed by atoms with Crippen LogP contribution >= 0.6 is 0 Å². The Labute approximate surface area is 177 Å². The Morgan fingerprint density at radius 2 is 1.90 bits per heavy atom. The Morgan fingerprint density at radius 3 is 2.59 bits per heavy atom. The summed E-state index contributed by atoms with van der Waals surface area (Å²) in [4.78, 5) is 9.70. The molecule has 1 aliphatic rings. The minimum absolute atomic E-state index is 0.505. The van der Waals surface area contributed by atoms with Gasteiger partial charge in [0, 0.05) is 51.9 Å². The summed E-state index contributed by atoms with van der Waals surface area (Å²) in [6, 6.07) is 11.2. The smallest absolute Gasteiger partial charge is 0.191 e. The third-order valence-electron chi connectivity index (χ3n) is 5.46. The molecule has 0 radical (unpaired) electrons. The van der Waals surface area contributed by atoms with E-state index in [1.54, 1.807) is 0 Å². The quantitative estimate of drug-likeness (QED) is 0.439. The molecule has 0 bridgehead atoms. The summed E-state index contributed by atoms with van der Waals surface area (Å²) in [5, 5.41) is 6.88. The van der Waals surface area contributed by atoms with Crippen LogP contribution < -0.4 is 10.6 Å². The molecule has 1 heterocycles. The maximum absolute atomic E-state index is 5.43. The molecule has 2 rings (SSSR count). The number of rotatable bonds is 11. The number of hydrogen-bond donors (Lipinski definition) is 2. The number of nitrogens with zero attached hydrogens (tertiary/aromatic N) is 3. The standard InChI is InChI=1S/C23H41N5O/c1-5-24-23(26-17-20(2)18-28-13-15-29-16-14-28)25-12-11-21(3)27(4)19-22-9-7-6-8-10-22/h6-10,20-21H,5,11-19H2,1-4H3,(H2,24,25,26). The van der Waals surface area contributed by atoms with Gasteiger partial charge in [-0.05, 0) is 38.8 Å². The molecule has 6 nitrogen and oxygen atoms in total. The van der Waals surface area contributed by atoms with Crippen LogP contribution in [0.3, 0.4) is 0 Å². The summed E-state index contributed by atoms with van der Waals surface area (Å²) >= 11 is 0. The first kappa shape index (κ1) is 23.6. The average Bonchev–Trinajstić information content (AvgIpc) is 2.73. The SMILES string of the molecule is CCNC(=NCC(C)CN1CCOCC1)NCCC(C)N(C)Cc1ccccc1. The number of nitrogens with one attached hydrogen (secondary N) is 2. The van der Waals surface area contributed by atoms with Gasteiger partial charge in [0.15, 0.2) is 5.96 Å². The first-order chi connectivity index (χ1) is 14.1. The average molecular weight is 404 g/mol. The summed E-state index contributed by atoms with van der Waals surface area (Å²) in [6.07, 6.45) is 1.08. The molecular weight excluding hydrogens is 362 g/mol. The van der Waals surface area contributed by atoms with Crippen molar-refractivity contribution in [3.63, 3.8) is 0 Å². The van der Waals surface area contributed by atoms with Gasteiger partial charge >= 0.3 is 0 Å². The van der Waals surface area contributed by atoms with Gasteiger partial charge in [0.1, 0.15) is 0 Å². The van der Waals surface area contributed by atoms with Gasteiger partial charge in [0.05, 0.1) is 13.2 Å². The highest BCUT2D eigenvalue weighted by atomic mass is 16.5. The van der Waals surface area contributed by atoms with Crippen molar-refractivity contribution >= 4 is 5.96 Å². The van der Waals surface area contributed by atoms with E-state index >= 15 is 0 Å². The molecule has 29 heavy (non-hydrogen) atoms. The second-order valence-electron chi connectivity index (χ2n) is 8.20. The van der Waals surface area contributed by atoms with Gasteiger partial charge in [0.2, 0.25) is 0 Å². The van der Waals surface area contributed by atoms with Crippen molar-refractivity contribution in [3.05, 3.63) is 35.9 Å². The Balaban J connectivity index is 1.70. The fraction of sp³-hybridized carbons (Fsp3) is 0.696. The van der Waals surface area contributed by atoms with E-state index in [9.17, 15) is 0 Å². The van der Waals surface area contributed by atoms with Crippen molar-refractivity contribution in [2.24, 2.45) is 10.9 Å². The third kappa shape index (κ3) is 9.61. The van der Waals surface area contributed by atoms with Gasteiger partial charge in [-0.25, -0.2) is 0 Å². The molecule has 2 unspecified atom stereocenters. The van der Waals surface area contributed by atoms with Crippen molar-refractivity contribution in [2.75, 3.05) is 59.5 Å². The first-order valence-corrected chi connectivity index (χ1v) is 11.1. The molecule has 1 saturated heterocycles. The van der Waals surface area contributed by atoms with Crippen LogP contribution in [0.2, 0.25) is 0 Å². The van der Waals surface area contributed by atoms with Crippen molar-refractivity contribution in [1.29, 1.82) is 0 Å². The molecule has 0 aliphatic carbocycles. The lowest BCUT2D eigenvalue weighted by molar-refractivity contribution is 0.0323. The molecule has 6 heteroatoms. The summed E-state index contributed by atoms with van der Waals surface area (Å²) in [5.41, 5.74) is 1.36. The molecular formula is C23H41N5O. The van der Waals surface area contributed by atoms with Gasteiger partial charge in [0.25, 0.3) is 0 Å². The lowest BCUT2D eigenvalue weighted by Gasteiger charge is -2.28. The molecule has 0 amide bonds. The minimum atomic E-state index is 0.505. The molecule has 2 atom stereocenters. The van der Waals surface area contributed by atoms with Gasteiger partial charge < -0.3 is 15.4 Å². The largest absolute Gasteiger partial charge is 0.379 e. The van der Waals surface area contributed by atoms with Gasteiger partial charge in [-0.1, -0.05) is 37.3 Å². The van der Waals surface area contributed by atoms with E-state index in [1.807, 2.05) is 0 Å². The van der Waals surface area contributed by atoms with Crippen molar-refractivity contribution in [3.8, 4) is 0 Å². The number of guanidine groups is 1. The summed E-state index contributed by atoms with van der Waals surface area (Å²) in [7, 11) is 2.20. The number of hydrogen-bond acceptors (Lipinski definition) is 4. The van der Waals surface area contributed by atoms with Crippen LogP contribution in [0, 0.1) is 5.92 Å². The second-order valence-corrected chi connectivity index (χ2v) is 8.20. The molecule has 1 aromatic carbocycles. The van der Waals surface area contributed by atoms with E-state index in [0.717, 1.165) is 71.4 Å². The van der Waals surface area contributed by atoms with Crippen LogP contribution in [0.4, 0.5) is 0 Å². The molecule has 0 saturated carbocycles. The number of morpholine rings is 1. The number of aliphatic imine (C=N–C) groups is 1. The zero-order valence-corrected chi connectivity index (χ0v) is 18.9. The molecule has 164 valence electrons. The van der Waals surface area contributed by atoms with Crippen LogP contribution in [-0.2, 0) is 11.3 Å². The summed E-state index contributed by atoms with van der Waals surface area (Å²) in [5.74, 6) is 1.47. The topological polar surface area (TPSA) is 52.1 Å². The molecule has 1 fully saturated rings. The lowest BCUT2D eigenvalue weighted by Crippen LogP contribution is -2.41. The van der Waals surface area contributed by atoms with Crippen LogP contribution in [0.5, 0.6) is 0 Å². The summed E-state index contributed by atoms with van der Waals surface area (Å²) in [6.45, 7) is 15.2. The van der Waals surface area contributed by atoms with Crippen LogP contribution in [0.25, 0.3) is 0 Å². The highest BCUT2D eigenvalue weighted by molar-refractivity contribution is 5.79. The van der Waals surface area contributed by atoms with Crippen molar-refractivity contribution in [2.45, 2.75) is 39.8 Å². The normalized spacial score (nSPS) is 17.9. The Morgan fingerprint density at radius 1 is 1.17 bits per heavy atom. The van der Waals surface area contributed by atoms with E-state index in [-0.39, 0.29) is 0 Å². The fourth-order valence-corrected chi connectivity index (χ4v) is 3.52. The van der Waals surface area contributed by atoms with E-state index in [1.165, 1.54) is 5.56 Å². The highest BCUT2D eigenvalue weighted by Gasteiger charge is 2.14. The van der Waals surface area contributed by atoms with E-state index in [4.69, 9.17) is 9.73 Å². The third-order valence-corrected chi connectivity index (χ3v) is 5.46. The van der Waals surface area contributed by atoms with Crippen molar-refractivity contribution < 1.29 is 4.74 Å². The fourth-order valence-electron chi connectivity index (χ4n) is 3.52. The maximum atomic E-state index is 5.43. The minimum Gasteiger partial charge on any atom is -0.379 e. The predicted octanol–water partition coefficient (Wildman–Crippen LogP) is 2.42. The van der Waals surface area contributed by atoms with Crippen LogP contribution in [-0.4, -0.2) is 81.3 Å². The monoisotopic (exact) mass is 403 g/mol. The van der Waals surface area contributed by atoms with E-state index in [2.05, 4.69) is 78.6 Å². The molecule has 0 spiro atoms. The number of benzene rings is 1. The Kier molecular flexibility index (Phi) is 11.1. The predicted molar refractivity (Wildman–Crippen MR) is 122 cm³/mol. The van der Waals surface area contributed by atoms with Crippen molar-refractivity contribution in [1.82, 2.24) is 20.4 Å². The zero-order chi connectivity index (χ0) is 20.9. The Hall–Kier alpha value is -1.63. The maximum Gasteiger partial charge on any atom is 0.191 e. The molecule has 0 aromatic heterocycles. The highest BCUT2D eigenvalue weighted by Crippen LogP contribution is 2.08. The van der Waals surface area contributed by atoms with E-state index < -0.39 is 0 Å². The molecule has 1 aromatic rings. The Bertz CT molecular complexity index is 574. The van der Waals surface area contributed by atoms with Crippen LogP contribution in [0.1, 0.15) is 32.8 Å². The molecule has 1 aliphatic heterocycles.